The molecule has 0 radical (unpaired) electrons. The molecule has 1 heterocycles. The number of hydrogen-bond acceptors (Lipinski definition) is 2. The number of nitrogens with zero attached hydrogens (tertiary/aromatic N) is 3. The molecule has 0 saturated heterocycles. The second kappa shape index (κ2) is 4.43. The molecular weight excluding hydrogens is 293 g/mol. The monoisotopic (exact) mass is 301 g/mol. The molecule has 1 aromatic heterocycles. The third-order valence-corrected chi connectivity index (χ3v) is 3.11. The molecule has 84 valence electrons. The smallest absolute Gasteiger partial charge is 0.246 e. The fourth-order valence-electron chi connectivity index (χ4n) is 1.48. The molecule has 0 spiro atoms. The molecule has 0 fully saturated rings. The molecule has 0 amide bonds. The summed E-state index contributed by atoms with van der Waals surface area (Å²) in [7, 11) is 1.57. The van der Waals surface area contributed by atoms with Crippen molar-refractivity contribution in [2.24, 2.45) is 7.05 Å². The van der Waals surface area contributed by atoms with Gasteiger partial charge in [0, 0.05) is 12.4 Å². The van der Waals surface area contributed by atoms with E-state index in [1.807, 2.05) is 24.3 Å². The van der Waals surface area contributed by atoms with Crippen molar-refractivity contribution in [3.63, 3.8) is 0 Å². The first-order chi connectivity index (χ1) is 7.65. The zero-order chi connectivity index (χ0) is 11.7. The van der Waals surface area contributed by atoms with E-state index in [1.54, 1.807) is 7.05 Å². The summed E-state index contributed by atoms with van der Waals surface area (Å²) in [5.41, 5.74) is 1.49. The number of halogens is 2. The van der Waals surface area contributed by atoms with Gasteiger partial charge in [-0.2, -0.15) is 0 Å². The van der Waals surface area contributed by atoms with Crippen molar-refractivity contribution in [2.75, 3.05) is 0 Å². The van der Waals surface area contributed by atoms with Gasteiger partial charge >= 0.3 is 5.69 Å². The van der Waals surface area contributed by atoms with E-state index in [-0.39, 0.29) is 11.0 Å². The molecule has 6 heteroatoms. The summed E-state index contributed by atoms with van der Waals surface area (Å²) >= 11 is 9.31. The lowest BCUT2D eigenvalue weighted by molar-refractivity contribution is 0.726. The third-order valence-electron chi connectivity index (χ3n) is 2.26. The molecule has 0 bridgehead atoms. The standard InChI is InChI=1S/C10H9BrClN3O/c1-14-10(16)15(9(12)13-14)8-5-3-2-4-7(8)6-11/h2-5H,6H2,1H3. The molecule has 0 N–H and O–H groups in total. The zero-order valence-electron chi connectivity index (χ0n) is 8.52. The number of benzene rings is 1. The highest BCUT2D eigenvalue weighted by Gasteiger charge is 2.13. The zero-order valence-corrected chi connectivity index (χ0v) is 10.9. The predicted octanol–water partition coefficient (Wildman–Crippen LogP) is 2.12. The second-order valence-electron chi connectivity index (χ2n) is 3.27. The Hall–Kier alpha value is -1.07. The molecule has 0 unspecified atom stereocenters. The van der Waals surface area contributed by atoms with E-state index in [4.69, 9.17) is 11.6 Å². The summed E-state index contributed by atoms with van der Waals surface area (Å²) in [5.74, 6) is 0. The highest BCUT2D eigenvalue weighted by atomic mass is 79.9. The number of para-hydroxylation sites is 1. The van der Waals surface area contributed by atoms with E-state index in [0.29, 0.717) is 5.33 Å². The van der Waals surface area contributed by atoms with Crippen molar-refractivity contribution in [2.45, 2.75) is 5.33 Å². The van der Waals surface area contributed by atoms with Crippen LogP contribution in [0.3, 0.4) is 0 Å². The van der Waals surface area contributed by atoms with E-state index in [9.17, 15) is 4.79 Å². The maximum atomic E-state index is 11.8. The molecule has 0 aliphatic rings. The molecule has 2 rings (SSSR count). The van der Waals surface area contributed by atoms with Gasteiger partial charge in [0.15, 0.2) is 0 Å². The maximum Gasteiger partial charge on any atom is 0.351 e. The van der Waals surface area contributed by atoms with Gasteiger partial charge in [0.1, 0.15) is 0 Å². The van der Waals surface area contributed by atoms with Gasteiger partial charge in [-0.05, 0) is 23.2 Å². The summed E-state index contributed by atoms with van der Waals surface area (Å²) in [6.07, 6.45) is 0. The molecule has 0 aliphatic heterocycles. The van der Waals surface area contributed by atoms with Crippen LogP contribution in [0.2, 0.25) is 5.28 Å². The van der Waals surface area contributed by atoms with Crippen molar-refractivity contribution < 1.29 is 0 Å². The topological polar surface area (TPSA) is 39.8 Å². The Kier molecular flexibility index (Phi) is 3.16. The lowest BCUT2D eigenvalue weighted by atomic mass is 10.2. The first kappa shape index (κ1) is 11.4. The summed E-state index contributed by atoms with van der Waals surface area (Å²) in [6.45, 7) is 0. The Morgan fingerprint density at radius 3 is 2.69 bits per heavy atom. The molecule has 1 aromatic carbocycles. The number of rotatable bonds is 2. The SMILES string of the molecule is Cn1nc(Cl)n(-c2ccccc2CBr)c1=O. The first-order valence-corrected chi connectivity index (χ1v) is 6.11. The third kappa shape index (κ3) is 1.81. The lowest BCUT2D eigenvalue weighted by Crippen LogP contribution is -2.22. The Morgan fingerprint density at radius 1 is 1.44 bits per heavy atom. The van der Waals surface area contributed by atoms with E-state index < -0.39 is 0 Å². The van der Waals surface area contributed by atoms with Crippen LogP contribution in [0.5, 0.6) is 0 Å². The summed E-state index contributed by atoms with van der Waals surface area (Å²) < 4.78 is 2.60. The van der Waals surface area contributed by atoms with E-state index >= 15 is 0 Å². The Balaban J connectivity index is 2.72. The number of alkyl halides is 1. The van der Waals surface area contributed by atoms with Gasteiger partial charge in [-0.15, -0.1) is 5.10 Å². The van der Waals surface area contributed by atoms with Gasteiger partial charge in [-0.3, -0.25) is 0 Å². The van der Waals surface area contributed by atoms with Gasteiger partial charge in [-0.1, -0.05) is 34.1 Å². The minimum absolute atomic E-state index is 0.168. The number of aryl methyl sites for hydroxylation is 1. The molecule has 0 saturated carbocycles. The van der Waals surface area contributed by atoms with Gasteiger partial charge in [0.25, 0.3) is 0 Å². The van der Waals surface area contributed by atoms with E-state index in [1.165, 1.54) is 9.25 Å². The average molecular weight is 303 g/mol. The van der Waals surface area contributed by atoms with Crippen LogP contribution in [-0.4, -0.2) is 14.3 Å². The lowest BCUT2D eigenvalue weighted by Gasteiger charge is -2.06. The quantitative estimate of drug-likeness (QED) is 0.797. The minimum atomic E-state index is -0.251. The second-order valence-corrected chi connectivity index (χ2v) is 4.17. The van der Waals surface area contributed by atoms with Crippen LogP contribution in [0.4, 0.5) is 0 Å². The largest absolute Gasteiger partial charge is 0.351 e. The normalized spacial score (nSPS) is 10.7. The summed E-state index contributed by atoms with van der Waals surface area (Å²) in [6, 6.07) is 7.54. The van der Waals surface area contributed by atoms with Crippen LogP contribution in [-0.2, 0) is 12.4 Å². The van der Waals surface area contributed by atoms with Crippen LogP contribution >= 0.6 is 27.5 Å². The van der Waals surface area contributed by atoms with Crippen LogP contribution in [0.25, 0.3) is 5.69 Å². The van der Waals surface area contributed by atoms with Gasteiger partial charge in [-0.25, -0.2) is 14.0 Å². The Labute approximate surface area is 106 Å². The highest BCUT2D eigenvalue weighted by Crippen LogP contribution is 2.18. The molecule has 4 nitrogen and oxygen atoms in total. The molecule has 2 aromatic rings. The van der Waals surface area contributed by atoms with Crippen molar-refractivity contribution in [3.8, 4) is 5.69 Å². The fourth-order valence-corrected chi connectivity index (χ4v) is 2.23. The first-order valence-electron chi connectivity index (χ1n) is 4.61. The van der Waals surface area contributed by atoms with Crippen molar-refractivity contribution in [1.82, 2.24) is 14.3 Å². The average Bonchev–Trinajstić information content (AvgIpc) is 2.53. The number of aromatic nitrogens is 3. The summed E-state index contributed by atoms with van der Waals surface area (Å²) in [5, 5.41) is 4.70. The fraction of sp³-hybridized carbons (Fsp3) is 0.200. The van der Waals surface area contributed by atoms with E-state index in [0.717, 1.165) is 11.3 Å². The molecule has 0 aliphatic carbocycles. The Morgan fingerprint density at radius 2 is 2.12 bits per heavy atom. The van der Waals surface area contributed by atoms with Crippen LogP contribution < -0.4 is 5.69 Å². The Bertz CT molecular complexity index is 576. The van der Waals surface area contributed by atoms with Crippen molar-refractivity contribution >= 4 is 27.5 Å². The van der Waals surface area contributed by atoms with Gasteiger partial charge in [0.2, 0.25) is 5.28 Å². The summed E-state index contributed by atoms with van der Waals surface area (Å²) in [4.78, 5) is 11.8. The molecule has 16 heavy (non-hydrogen) atoms. The van der Waals surface area contributed by atoms with Crippen LogP contribution in [0.1, 0.15) is 5.56 Å². The predicted molar refractivity (Wildman–Crippen MR) is 66.4 cm³/mol. The number of hydrogen-bond donors (Lipinski definition) is 0. The van der Waals surface area contributed by atoms with Crippen molar-refractivity contribution in [1.29, 1.82) is 0 Å². The molecular formula is C10H9BrClN3O. The van der Waals surface area contributed by atoms with Gasteiger partial charge < -0.3 is 0 Å². The van der Waals surface area contributed by atoms with Crippen molar-refractivity contribution in [3.05, 3.63) is 45.6 Å². The van der Waals surface area contributed by atoms with E-state index in [2.05, 4.69) is 21.0 Å². The highest BCUT2D eigenvalue weighted by molar-refractivity contribution is 9.08. The maximum absolute atomic E-state index is 11.8. The van der Waals surface area contributed by atoms with Crippen LogP contribution in [0.15, 0.2) is 29.1 Å². The van der Waals surface area contributed by atoms with Crippen LogP contribution in [0, 0.1) is 0 Å². The minimum Gasteiger partial charge on any atom is -0.246 e. The van der Waals surface area contributed by atoms with Gasteiger partial charge in [0.05, 0.1) is 5.69 Å². The molecule has 0 atom stereocenters.